The largest absolute Gasteiger partial charge is 0.458 e. The zero-order chi connectivity index (χ0) is 34.3. The van der Waals surface area contributed by atoms with Gasteiger partial charge in [-0.25, -0.2) is 15.0 Å². The molecule has 1 aromatic carbocycles. The first kappa shape index (κ1) is 33.5. The standard InChI is InChI=1S/C33H37N5O9/c1-8-33(15-39)23(46-26(42)14-32(6,7)27-18(3)11-17(2)12-22(27)44-20(5)40)13-24(47-33)38-16-34-28-29(35-19(4)36-30(28)38)37-31(43)21-9-10-25(41)45-21/h1,11-12,16,21,23-24,39H,9-10,13-15H2,2-7H3,(H,35,36,37,43)/t21-,23+,24-,33-/m1/s1. The van der Waals surface area contributed by atoms with Crippen molar-refractivity contribution in [1.29, 1.82) is 0 Å². The number of aryl methyl sites for hydroxylation is 3. The number of fused-ring (bicyclic) bond motifs is 1. The fourth-order valence-electron chi connectivity index (χ4n) is 6.28. The quantitative estimate of drug-likeness (QED) is 0.197. The fourth-order valence-corrected chi connectivity index (χ4v) is 6.28. The van der Waals surface area contributed by atoms with Gasteiger partial charge in [0.1, 0.15) is 23.9 Å². The number of cyclic esters (lactones) is 1. The van der Waals surface area contributed by atoms with Crippen molar-refractivity contribution in [3.63, 3.8) is 0 Å². The number of benzene rings is 1. The third-order valence-corrected chi connectivity index (χ3v) is 8.26. The summed E-state index contributed by atoms with van der Waals surface area (Å²) in [7, 11) is 0. The van der Waals surface area contributed by atoms with Gasteiger partial charge in [-0.2, -0.15) is 0 Å². The number of hydrogen-bond donors (Lipinski definition) is 2. The fraction of sp³-hybridized carbons (Fsp3) is 0.485. The molecule has 4 heterocycles. The molecule has 2 aromatic heterocycles. The number of amides is 1. The van der Waals surface area contributed by atoms with E-state index in [4.69, 9.17) is 25.4 Å². The SMILES string of the molecule is C#C[C@]1(CO)O[C@@H](n2cnc3c(NC(=O)[C@H]4CCC(=O)O4)nc(C)nc32)C[C@@H]1OC(=O)CC(C)(C)c1c(C)cc(C)cc1OC(C)=O. The Morgan fingerprint density at radius 2 is 1.98 bits per heavy atom. The zero-order valence-electron chi connectivity index (χ0n) is 27.1. The number of rotatable bonds is 9. The van der Waals surface area contributed by atoms with Crippen LogP contribution in [0.15, 0.2) is 18.5 Å². The number of imidazole rings is 1. The highest BCUT2D eigenvalue weighted by Crippen LogP contribution is 2.42. The molecule has 0 aliphatic carbocycles. The molecule has 0 unspecified atom stereocenters. The minimum absolute atomic E-state index is 0.0490. The van der Waals surface area contributed by atoms with Crippen LogP contribution in [0.3, 0.4) is 0 Å². The maximum atomic E-state index is 13.5. The van der Waals surface area contributed by atoms with Crippen LogP contribution in [0.5, 0.6) is 5.75 Å². The van der Waals surface area contributed by atoms with Crippen molar-refractivity contribution in [2.75, 3.05) is 11.9 Å². The Bertz CT molecular complexity index is 1810. The lowest BCUT2D eigenvalue weighted by Crippen LogP contribution is -2.44. The first-order chi connectivity index (χ1) is 22.2. The number of terminal acetylenes is 1. The van der Waals surface area contributed by atoms with Crippen molar-refractivity contribution in [2.45, 2.75) is 96.7 Å². The van der Waals surface area contributed by atoms with Crippen LogP contribution in [0.2, 0.25) is 0 Å². The third kappa shape index (κ3) is 6.68. The molecule has 4 atom stereocenters. The highest BCUT2D eigenvalue weighted by atomic mass is 16.6. The van der Waals surface area contributed by atoms with Crippen molar-refractivity contribution in [3.05, 3.63) is 41.0 Å². The van der Waals surface area contributed by atoms with E-state index in [1.54, 1.807) is 17.6 Å². The number of carbonyl (C=O) groups excluding carboxylic acids is 4. The summed E-state index contributed by atoms with van der Waals surface area (Å²) in [5.74, 6) is 1.21. The van der Waals surface area contributed by atoms with Crippen LogP contribution in [0.4, 0.5) is 5.82 Å². The Labute approximate surface area is 271 Å². The van der Waals surface area contributed by atoms with Gasteiger partial charge >= 0.3 is 17.9 Å². The molecule has 3 aromatic rings. The number of nitrogens with one attached hydrogen (secondary N) is 1. The molecule has 2 saturated heterocycles. The normalized spacial score (nSPS) is 22.5. The molecule has 5 rings (SSSR count). The molecule has 0 spiro atoms. The third-order valence-electron chi connectivity index (χ3n) is 8.26. The number of esters is 3. The predicted octanol–water partition coefficient (Wildman–Crippen LogP) is 2.88. The van der Waals surface area contributed by atoms with Gasteiger partial charge in [0.15, 0.2) is 28.7 Å². The lowest BCUT2D eigenvalue weighted by molar-refractivity contribution is -0.160. The van der Waals surface area contributed by atoms with Crippen molar-refractivity contribution in [3.8, 4) is 18.1 Å². The van der Waals surface area contributed by atoms with Gasteiger partial charge in [-0.3, -0.25) is 23.7 Å². The number of anilines is 1. The van der Waals surface area contributed by atoms with Crippen LogP contribution in [0, 0.1) is 33.1 Å². The second kappa shape index (κ2) is 12.7. The summed E-state index contributed by atoms with van der Waals surface area (Å²) >= 11 is 0. The number of hydrogen-bond acceptors (Lipinski definition) is 12. The average molecular weight is 648 g/mol. The highest BCUT2D eigenvalue weighted by Gasteiger charge is 2.51. The lowest BCUT2D eigenvalue weighted by Gasteiger charge is -2.31. The van der Waals surface area contributed by atoms with E-state index in [2.05, 4.69) is 26.2 Å². The second-order valence-corrected chi connectivity index (χ2v) is 12.5. The van der Waals surface area contributed by atoms with Gasteiger partial charge in [-0.05, 0) is 38.0 Å². The maximum absolute atomic E-state index is 13.5. The summed E-state index contributed by atoms with van der Waals surface area (Å²) in [5.41, 5.74) is 0.490. The smallest absolute Gasteiger partial charge is 0.308 e. The molecule has 2 N–H and O–H groups in total. The summed E-state index contributed by atoms with van der Waals surface area (Å²) in [6.45, 7) is 9.77. The van der Waals surface area contributed by atoms with E-state index in [0.717, 1.165) is 11.1 Å². The topological polar surface area (TPSA) is 181 Å². The number of aliphatic hydroxyl groups excluding tert-OH is 1. The monoisotopic (exact) mass is 647 g/mol. The summed E-state index contributed by atoms with van der Waals surface area (Å²) in [5, 5.41) is 13.1. The molecule has 2 aliphatic rings. The first-order valence-electron chi connectivity index (χ1n) is 15.1. The van der Waals surface area contributed by atoms with E-state index in [0.29, 0.717) is 22.8 Å². The van der Waals surface area contributed by atoms with Crippen LogP contribution >= 0.6 is 0 Å². The van der Waals surface area contributed by atoms with E-state index < -0.39 is 59.9 Å². The Kier molecular flexibility index (Phi) is 9.07. The molecule has 248 valence electrons. The number of ether oxygens (including phenoxy) is 4. The van der Waals surface area contributed by atoms with Crippen molar-refractivity contribution < 1.29 is 43.2 Å². The maximum Gasteiger partial charge on any atom is 0.308 e. The van der Waals surface area contributed by atoms with Crippen LogP contribution in [0.1, 0.15) is 75.2 Å². The van der Waals surface area contributed by atoms with Crippen LogP contribution in [0.25, 0.3) is 11.2 Å². The van der Waals surface area contributed by atoms with E-state index >= 15 is 0 Å². The lowest BCUT2D eigenvalue weighted by atomic mass is 9.78. The van der Waals surface area contributed by atoms with Gasteiger partial charge in [0.25, 0.3) is 5.91 Å². The van der Waals surface area contributed by atoms with Crippen molar-refractivity contribution in [2.24, 2.45) is 0 Å². The van der Waals surface area contributed by atoms with Crippen LogP contribution in [-0.2, 0) is 38.8 Å². The summed E-state index contributed by atoms with van der Waals surface area (Å²) in [4.78, 5) is 62.8. The molecule has 2 aliphatic heterocycles. The Hall–Kier alpha value is -4.87. The number of aromatic nitrogens is 4. The number of nitrogens with zero attached hydrogens (tertiary/aromatic N) is 4. The molecular weight excluding hydrogens is 610 g/mol. The molecule has 14 nitrogen and oxygen atoms in total. The van der Waals surface area contributed by atoms with Crippen molar-refractivity contribution >= 4 is 40.8 Å². The summed E-state index contributed by atoms with van der Waals surface area (Å²) in [6, 6.07) is 3.70. The van der Waals surface area contributed by atoms with Gasteiger partial charge in [0, 0.05) is 37.2 Å². The average Bonchev–Trinajstić information content (AvgIpc) is 3.68. The van der Waals surface area contributed by atoms with Gasteiger partial charge < -0.3 is 29.4 Å². The summed E-state index contributed by atoms with van der Waals surface area (Å²) in [6.07, 6.45) is 4.80. The molecule has 0 saturated carbocycles. The molecule has 14 heteroatoms. The first-order valence-corrected chi connectivity index (χ1v) is 15.1. The molecule has 1 amide bonds. The van der Waals surface area contributed by atoms with Gasteiger partial charge in [-0.15, -0.1) is 6.42 Å². The van der Waals surface area contributed by atoms with E-state index in [-0.39, 0.29) is 37.0 Å². The van der Waals surface area contributed by atoms with Crippen LogP contribution in [-0.4, -0.2) is 72.9 Å². The predicted molar refractivity (Wildman–Crippen MR) is 166 cm³/mol. The number of aliphatic hydroxyl groups is 1. The van der Waals surface area contributed by atoms with Gasteiger partial charge in [0.05, 0.1) is 19.4 Å². The van der Waals surface area contributed by atoms with Gasteiger partial charge in [-0.1, -0.05) is 25.8 Å². The van der Waals surface area contributed by atoms with E-state index in [1.165, 1.54) is 13.3 Å². The Morgan fingerprint density at radius 1 is 1.23 bits per heavy atom. The second-order valence-electron chi connectivity index (χ2n) is 12.5. The molecule has 0 radical (unpaired) electrons. The van der Waals surface area contributed by atoms with Crippen LogP contribution < -0.4 is 10.1 Å². The minimum Gasteiger partial charge on any atom is -0.458 e. The molecule has 47 heavy (non-hydrogen) atoms. The Balaban J connectivity index is 1.38. The molecule has 0 bridgehead atoms. The molecule has 2 fully saturated rings. The minimum atomic E-state index is -1.67. The van der Waals surface area contributed by atoms with E-state index in [1.807, 2.05) is 33.8 Å². The van der Waals surface area contributed by atoms with Crippen molar-refractivity contribution in [1.82, 2.24) is 19.5 Å². The highest BCUT2D eigenvalue weighted by molar-refractivity contribution is 6.00. The van der Waals surface area contributed by atoms with E-state index in [9.17, 15) is 24.3 Å². The zero-order valence-corrected chi connectivity index (χ0v) is 27.1. The summed E-state index contributed by atoms with van der Waals surface area (Å²) < 4.78 is 24.2. The van der Waals surface area contributed by atoms with Gasteiger partial charge in [0.2, 0.25) is 0 Å². The Morgan fingerprint density at radius 3 is 2.62 bits per heavy atom. The number of carbonyl (C=O) groups is 4. The molecular formula is C33H37N5O9.